The van der Waals surface area contributed by atoms with Gasteiger partial charge >= 0.3 is 0 Å². The maximum absolute atomic E-state index is 11.9. The van der Waals surface area contributed by atoms with Gasteiger partial charge in [-0.15, -0.1) is 0 Å². The molecular formula is C25H33ClN4O2. The summed E-state index contributed by atoms with van der Waals surface area (Å²) < 4.78 is 5.86. The number of nitrogens with one attached hydrogen (secondary N) is 1. The molecule has 0 spiro atoms. The summed E-state index contributed by atoms with van der Waals surface area (Å²) in [5.74, 6) is 1.22. The van der Waals surface area contributed by atoms with Crippen molar-refractivity contribution in [3.8, 4) is 5.88 Å². The van der Waals surface area contributed by atoms with Gasteiger partial charge in [0.25, 0.3) is 0 Å². The van der Waals surface area contributed by atoms with Crippen LogP contribution in [-0.2, 0) is 10.2 Å². The van der Waals surface area contributed by atoms with Gasteiger partial charge in [0.15, 0.2) is 0 Å². The van der Waals surface area contributed by atoms with Crippen LogP contribution in [0.3, 0.4) is 0 Å². The van der Waals surface area contributed by atoms with Crippen molar-refractivity contribution in [1.82, 2.24) is 9.88 Å². The number of carbonyl (C=O) groups is 1. The summed E-state index contributed by atoms with van der Waals surface area (Å²) in [6.07, 6.45) is 2.55. The zero-order chi connectivity index (χ0) is 22.7. The quantitative estimate of drug-likeness (QED) is 0.615. The van der Waals surface area contributed by atoms with E-state index < -0.39 is 0 Å². The van der Waals surface area contributed by atoms with Crippen LogP contribution in [0.25, 0.3) is 0 Å². The van der Waals surface area contributed by atoms with Gasteiger partial charge in [-0.05, 0) is 50.1 Å². The Labute approximate surface area is 195 Å². The molecule has 1 N–H and O–H groups in total. The highest BCUT2D eigenvalue weighted by atomic mass is 35.5. The molecule has 1 aromatic heterocycles. The van der Waals surface area contributed by atoms with Crippen molar-refractivity contribution in [3.63, 3.8) is 0 Å². The minimum absolute atomic E-state index is 0.0118. The van der Waals surface area contributed by atoms with Crippen molar-refractivity contribution in [1.29, 1.82) is 0 Å². The van der Waals surface area contributed by atoms with E-state index in [0.717, 1.165) is 56.2 Å². The van der Waals surface area contributed by atoms with Gasteiger partial charge in [-0.3, -0.25) is 9.69 Å². The lowest BCUT2D eigenvalue weighted by Gasteiger charge is -2.37. The van der Waals surface area contributed by atoms with Crippen LogP contribution in [0, 0.1) is 6.92 Å². The molecule has 0 saturated carbocycles. The molecule has 7 heteroatoms. The Bertz CT molecular complexity index is 970. The molecule has 2 aromatic rings. The second-order valence-electron chi connectivity index (χ2n) is 9.42. The number of ether oxygens (including phenoxy) is 1. The van der Waals surface area contributed by atoms with Crippen molar-refractivity contribution in [2.75, 3.05) is 49.5 Å². The molecular weight excluding hydrogens is 424 g/mol. The number of hydrogen-bond donors (Lipinski definition) is 1. The van der Waals surface area contributed by atoms with Gasteiger partial charge in [0, 0.05) is 60.4 Å². The van der Waals surface area contributed by atoms with Gasteiger partial charge in [-0.25, -0.2) is 0 Å². The number of hydrogen-bond acceptors (Lipinski definition) is 5. The molecule has 0 atom stereocenters. The molecule has 6 nitrogen and oxygen atoms in total. The maximum atomic E-state index is 11.9. The molecule has 0 bridgehead atoms. The summed E-state index contributed by atoms with van der Waals surface area (Å²) in [6.45, 7) is 12.1. The minimum Gasteiger partial charge on any atom is -0.478 e. The Balaban J connectivity index is 1.18. The molecule has 2 aliphatic heterocycles. The molecule has 1 amide bonds. The average molecular weight is 457 g/mol. The zero-order valence-electron chi connectivity index (χ0n) is 19.3. The van der Waals surface area contributed by atoms with Gasteiger partial charge < -0.3 is 15.0 Å². The van der Waals surface area contributed by atoms with Gasteiger partial charge in [-0.2, -0.15) is 4.98 Å². The Morgan fingerprint density at radius 2 is 1.91 bits per heavy atom. The number of fused-ring (bicyclic) bond motifs is 1. The molecule has 0 unspecified atom stereocenters. The second kappa shape index (κ2) is 9.67. The first-order chi connectivity index (χ1) is 15.3. The summed E-state index contributed by atoms with van der Waals surface area (Å²) in [5.41, 5.74) is 3.29. The largest absolute Gasteiger partial charge is 0.478 e. The van der Waals surface area contributed by atoms with E-state index in [9.17, 15) is 4.79 Å². The smallest absolute Gasteiger partial charge is 0.226 e. The van der Waals surface area contributed by atoms with Crippen molar-refractivity contribution in [2.45, 2.75) is 45.4 Å². The van der Waals surface area contributed by atoms with E-state index in [1.54, 1.807) is 0 Å². The number of unbranched alkanes of at least 4 members (excludes halogenated alkanes) is 1. The van der Waals surface area contributed by atoms with Crippen LogP contribution in [0.1, 0.15) is 44.2 Å². The van der Waals surface area contributed by atoms with E-state index in [-0.39, 0.29) is 11.3 Å². The third-order valence-electron chi connectivity index (χ3n) is 6.53. The Kier molecular flexibility index (Phi) is 6.91. The van der Waals surface area contributed by atoms with Crippen LogP contribution in [-0.4, -0.2) is 55.1 Å². The van der Waals surface area contributed by atoms with Crippen LogP contribution in [0.2, 0.25) is 5.02 Å². The number of aromatic nitrogens is 1. The van der Waals surface area contributed by atoms with E-state index in [1.807, 2.05) is 24.3 Å². The topological polar surface area (TPSA) is 57.7 Å². The third kappa shape index (κ3) is 5.18. The van der Waals surface area contributed by atoms with Crippen molar-refractivity contribution >= 4 is 29.0 Å². The van der Waals surface area contributed by atoms with E-state index in [1.165, 1.54) is 11.3 Å². The van der Waals surface area contributed by atoms with Gasteiger partial charge in [0.1, 0.15) is 5.82 Å². The SMILES string of the molecule is Cc1c(Cl)cccc1N1CCN(CCCCOc2ccc3c(n2)NC(=O)CC3(C)C)CC1. The lowest BCUT2D eigenvalue weighted by Crippen LogP contribution is -2.46. The van der Waals surface area contributed by atoms with E-state index in [0.29, 0.717) is 24.7 Å². The monoisotopic (exact) mass is 456 g/mol. The van der Waals surface area contributed by atoms with Gasteiger partial charge in [0.05, 0.1) is 6.61 Å². The lowest BCUT2D eigenvalue weighted by atomic mass is 9.79. The van der Waals surface area contributed by atoms with Crippen molar-refractivity contribution in [2.24, 2.45) is 0 Å². The van der Waals surface area contributed by atoms with Crippen molar-refractivity contribution < 1.29 is 9.53 Å². The van der Waals surface area contributed by atoms with Crippen LogP contribution < -0.4 is 15.0 Å². The second-order valence-corrected chi connectivity index (χ2v) is 9.83. The Morgan fingerprint density at radius 1 is 1.12 bits per heavy atom. The fourth-order valence-corrected chi connectivity index (χ4v) is 4.77. The highest BCUT2D eigenvalue weighted by molar-refractivity contribution is 6.31. The molecule has 0 radical (unpaired) electrons. The van der Waals surface area contributed by atoms with E-state index >= 15 is 0 Å². The van der Waals surface area contributed by atoms with E-state index in [4.69, 9.17) is 16.3 Å². The normalized spacial score (nSPS) is 18.2. The van der Waals surface area contributed by atoms with Gasteiger partial charge in [0.2, 0.25) is 11.8 Å². The van der Waals surface area contributed by atoms with Crippen LogP contribution in [0.4, 0.5) is 11.5 Å². The summed E-state index contributed by atoms with van der Waals surface area (Å²) >= 11 is 6.29. The molecule has 1 aromatic carbocycles. The molecule has 4 rings (SSSR count). The first-order valence-corrected chi connectivity index (χ1v) is 11.9. The zero-order valence-corrected chi connectivity index (χ0v) is 20.0. The molecule has 3 heterocycles. The number of halogens is 1. The molecule has 2 aliphatic rings. The van der Waals surface area contributed by atoms with E-state index in [2.05, 4.69) is 46.9 Å². The summed E-state index contributed by atoms with van der Waals surface area (Å²) in [5, 5.41) is 3.71. The third-order valence-corrected chi connectivity index (χ3v) is 6.94. The summed E-state index contributed by atoms with van der Waals surface area (Å²) in [6, 6.07) is 10.1. The number of benzene rings is 1. The maximum Gasteiger partial charge on any atom is 0.226 e. The summed E-state index contributed by atoms with van der Waals surface area (Å²) in [4.78, 5) is 21.4. The molecule has 172 valence electrons. The van der Waals surface area contributed by atoms with Crippen LogP contribution >= 0.6 is 11.6 Å². The summed E-state index contributed by atoms with van der Waals surface area (Å²) in [7, 11) is 0. The predicted octanol–water partition coefficient (Wildman–Crippen LogP) is 4.64. The Hall–Kier alpha value is -2.31. The molecule has 1 saturated heterocycles. The highest BCUT2D eigenvalue weighted by Gasteiger charge is 2.33. The van der Waals surface area contributed by atoms with Crippen molar-refractivity contribution in [3.05, 3.63) is 46.5 Å². The minimum atomic E-state index is -0.196. The standard InChI is InChI=1S/C25H33ClN4O2/c1-18-20(26)7-6-8-21(18)30-14-12-29(13-15-30)11-4-5-16-32-23-10-9-19-24(28-23)27-22(31)17-25(19,2)3/h6-10H,4-5,11-17H2,1-3H3,(H,27,28,31). The lowest BCUT2D eigenvalue weighted by molar-refractivity contribution is -0.117. The number of pyridine rings is 1. The predicted molar refractivity (Wildman–Crippen MR) is 130 cm³/mol. The number of carbonyl (C=O) groups excluding carboxylic acids is 1. The Morgan fingerprint density at radius 3 is 2.69 bits per heavy atom. The fourth-order valence-electron chi connectivity index (χ4n) is 4.60. The first kappa shape index (κ1) is 22.9. The molecule has 1 fully saturated rings. The fraction of sp³-hybridized carbons (Fsp3) is 0.520. The first-order valence-electron chi connectivity index (χ1n) is 11.5. The van der Waals surface area contributed by atoms with Crippen LogP contribution in [0.5, 0.6) is 5.88 Å². The number of anilines is 2. The number of piperazine rings is 1. The number of rotatable bonds is 7. The highest BCUT2D eigenvalue weighted by Crippen LogP contribution is 2.36. The number of amides is 1. The van der Waals surface area contributed by atoms with Gasteiger partial charge in [-0.1, -0.05) is 31.5 Å². The molecule has 32 heavy (non-hydrogen) atoms. The molecule has 0 aliphatic carbocycles. The van der Waals surface area contributed by atoms with Crippen LogP contribution in [0.15, 0.2) is 30.3 Å². The average Bonchev–Trinajstić information content (AvgIpc) is 2.75. The number of nitrogens with zero attached hydrogens (tertiary/aromatic N) is 3.